The normalized spacial score (nSPS) is 12.0. The van der Waals surface area contributed by atoms with Gasteiger partial charge in [-0.05, 0) is 0 Å². The van der Waals surface area contributed by atoms with Gasteiger partial charge in [-0.3, -0.25) is 0 Å². The number of hydrogen-bond acceptors (Lipinski definition) is 1. The smallest absolute Gasteiger partial charge is 1.00 e. The van der Waals surface area contributed by atoms with E-state index in [2.05, 4.69) is 24.9 Å². The Labute approximate surface area is 62.1 Å². The summed E-state index contributed by atoms with van der Waals surface area (Å²) < 4.78 is 2.42. The Kier molecular flexibility index (Phi) is 5.99. The van der Waals surface area contributed by atoms with E-state index in [1.165, 1.54) is 18.1 Å². The molecule has 0 aromatic heterocycles. The van der Waals surface area contributed by atoms with Crippen LogP contribution in [0.1, 0.15) is 22.6 Å². The minimum atomic E-state index is -0.208. The average molecular weight is 178 g/mol. The van der Waals surface area contributed by atoms with E-state index in [1.54, 1.807) is 0 Å². The monoisotopic (exact) mass is 179 g/mol. The maximum atomic E-state index is 2.42. The van der Waals surface area contributed by atoms with Gasteiger partial charge in [-0.1, -0.05) is 0 Å². The van der Waals surface area contributed by atoms with Crippen LogP contribution in [-0.4, -0.2) is 33.6 Å². The summed E-state index contributed by atoms with van der Waals surface area (Å²) in [6, 6.07) is 0. The molecule has 0 radical (unpaired) electrons. The van der Waals surface area contributed by atoms with E-state index in [9.17, 15) is 0 Å². The molecular formula is C6H19GeN-2. The van der Waals surface area contributed by atoms with Crippen LogP contribution in [0.4, 0.5) is 0 Å². The van der Waals surface area contributed by atoms with Crippen LogP contribution in [0, 0.1) is 0 Å². The third-order valence-corrected chi connectivity index (χ3v) is 4.80. The molecule has 0 atom stereocenters. The standard InChI is InChI=1S/C6H17GeN.2H/c1-4-5-6-7-8(2)3;;/h4-7H2,1-3H3;;/q;2*-1. The SMILES string of the molecule is CCC[CH2][GeH2][N](C)C.[H-].[H-]. The fourth-order valence-corrected chi connectivity index (χ4v) is 3.52. The van der Waals surface area contributed by atoms with Gasteiger partial charge < -0.3 is 2.85 Å². The van der Waals surface area contributed by atoms with Gasteiger partial charge in [0.1, 0.15) is 0 Å². The summed E-state index contributed by atoms with van der Waals surface area (Å²) in [7, 11) is 4.41. The summed E-state index contributed by atoms with van der Waals surface area (Å²) in [4.78, 5) is 0. The second-order valence-electron chi connectivity index (χ2n) is 2.51. The molecule has 0 aliphatic heterocycles. The fraction of sp³-hybridized carbons (Fsp3) is 1.00. The number of unbranched alkanes of at least 4 members (excludes halogenated alkanes) is 1. The predicted octanol–water partition coefficient (Wildman–Crippen LogP) is 1.08. The first-order valence-electron chi connectivity index (χ1n) is 3.42. The number of nitrogens with zero attached hydrogens (tertiary/aromatic N) is 1. The molecule has 2 heteroatoms. The molecule has 0 aliphatic rings. The van der Waals surface area contributed by atoms with Crippen LogP contribution in [0.5, 0.6) is 0 Å². The largest absolute Gasteiger partial charge is 1.00 e. The van der Waals surface area contributed by atoms with E-state index >= 15 is 0 Å². The van der Waals surface area contributed by atoms with E-state index in [0.717, 1.165) is 0 Å². The molecule has 0 saturated carbocycles. The molecule has 0 aromatic carbocycles. The summed E-state index contributed by atoms with van der Waals surface area (Å²) in [5, 5.41) is 1.54. The second-order valence-corrected chi connectivity index (χ2v) is 7.59. The first-order valence-corrected chi connectivity index (χ1v) is 6.84. The zero-order valence-corrected chi connectivity index (χ0v) is 9.24. The zero-order valence-electron chi connectivity index (χ0n) is 8.28. The van der Waals surface area contributed by atoms with Crippen LogP contribution in [-0.2, 0) is 0 Å². The molecule has 0 saturated heterocycles. The van der Waals surface area contributed by atoms with E-state index in [-0.39, 0.29) is 18.5 Å². The molecule has 54 valence electrons. The molecule has 0 rings (SSSR count). The summed E-state index contributed by atoms with van der Waals surface area (Å²) in [5.41, 5.74) is 0. The molecule has 0 unspecified atom stereocenters. The Morgan fingerprint density at radius 1 is 1.50 bits per heavy atom. The molecule has 1 nitrogen and oxygen atoms in total. The van der Waals surface area contributed by atoms with Gasteiger partial charge in [0, 0.05) is 0 Å². The van der Waals surface area contributed by atoms with Crippen molar-refractivity contribution in [2.24, 2.45) is 0 Å². The molecule has 0 fully saturated rings. The minimum absolute atomic E-state index is 0. The third-order valence-electron chi connectivity index (χ3n) is 1.21. The van der Waals surface area contributed by atoms with E-state index in [0.29, 0.717) is 0 Å². The molecular weight excluding hydrogens is 159 g/mol. The second kappa shape index (κ2) is 5.64. The van der Waals surface area contributed by atoms with Crippen LogP contribution in [0.15, 0.2) is 0 Å². The van der Waals surface area contributed by atoms with Crippen molar-refractivity contribution in [3.8, 4) is 0 Å². The molecule has 0 aliphatic carbocycles. The van der Waals surface area contributed by atoms with Gasteiger partial charge in [0.15, 0.2) is 0 Å². The third kappa shape index (κ3) is 6.50. The average Bonchev–Trinajstić information content (AvgIpc) is 1.66. The van der Waals surface area contributed by atoms with Gasteiger partial charge in [0.2, 0.25) is 0 Å². The quantitative estimate of drug-likeness (QED) is 0.459. The zero-order chi connectivity index (χ0) is 6.41. The Balaban J connectivity index is -0.000000245. The van der Waals surface area contributed by atoms with Crippen molar-refractivity contribution in [3.05, 3.63) is 0 Å². The Bertz CT molecular complexity index is 53.0. The van der Waals surface area contributed by atoms with Crippen molar-refractivity contribution >= 4 is 15.7 Å². The first-order chi connectivity index (χ1) is 3.77. The Morgan fingerprint density at radius 3 is 2.50 bits per heavy atom. The maximum absolute atomic E-state index is 2.42. The molecule has 0 bridgehead atoms. The van der Waals surface area contributed by atoms with Crippen LogP contribution in [0.2, 0.25) is 5.25 Å². The Hall–Kier alpha value is 0.503. The van der Waals surface area contributed by atoms with Crippen LogP contribution >= 0.6 is 0 Å². The summed E-state index contributed by atoms with van der Waals surface area (Å²) in [6.45, 7) is 2.26. The topological polar surface area (TPSA) is 3.24 Å². The van der Waals surface area contributed by atoms with Crippen molar-refractivity contribution in [2.75, 3.05) is 14.1 Å². The molecule has 0 N–H and O–H groups in total. The van der Waals surface area contributed by atoms with Crippen LogP contribution < -0.4 is 0 Å². The van der Waals surface area contributed by atoms with Gasteiger partial charge in [-0.2, -0.15) is 0 Å². The number of rotatable bonds is 4. The van der Waals surface area contributed by atoms with E-state index in [4.69, 9.17) is 0 Å². The van der Waals surface area contributed by atoms with Gasteiger partial charge >= 0.3 is 58.6 Å². The first kappa shape index (κ1) is 8.50. The van der Waals surface area contributed by atoms with Crippen molar-refractivity contribution < 1.29 is 2.85 Å². The molecule has 8 heavy (non-hydrogen) atoms. The van der Waals surface area contributed by atoms with Crippen molar-refractivity contribution in [1.82, 2.24) is 3.86 Å². The fourth-order valence-electron chi connectivity index (χ4n) is 0.678. The van der Waals surface area contributed by atoms with Crippen molar-refractivity contribution in [3.63, 3.8) is 0 Å². The Morgan fingerprint density at radius 2 is 2.12 bits per heavy atom. The van der Waals surface area contributed by atoms with Crippen LogP contribution in [0.25, 0.3) is 0 Å². The van der Waals surface area contributed by atoms with Gasteiger partial charge in [0.25, 0.3) is 0 Å². The summed E-state index contributed by atoms with van der Waals surface area (Å²) >= 11 is -0.208. The molecule has 0 aromatic rings. The molecule has 0 amide bonds. The van der Waals surface area contributed by atoms with Crippen molar-refractivity contribution in [2.45, 2.75) is 25.0 Å². The molecule has 0 spiro atoms. The summed E-state index contributed by atoms with van der Waals surface area (Å²) in [6.07, 6.45) is 2.83. The minimum Gasteiger partial charge on any atom is -1.00 e. The molecule has 0 heterocycles. The van der Waals surface area contributed by atoms with Gasteiger partial charge in [0.05, 0.1) is 0 Å². The van der Waals surface area contributed by atoms with E-state index < -0.39 is 0 Å². The van der Waals surface area contributed by atoms with Crippen molar-refractivity contribution in [1.29, 1.82) is 0 Å². The van der Waals surface area contributed by atoms with Gasteiger partial charge in [-0.15, -0.1) is 0 Å². The van der Waals surface area contributed by atoms with Crippen LogP contribution in [0.3, 0.4) is 0 Å². The predicted molar refractivity (Wildman–Crippen MR) is 44.2 cm³/mol. The van der Waals surface area contributed by atoms with E-state index in [1.807, 2.05) is 0 Å². The summed E-state index contributed by atoms with van der Waals surface area (Å²) in [5.74, 6) is 0. The number of hydrogen-bond donors (Lipinski definition) is 0. The maximum Gasteiger partial charge on any atom is -1.00 e. The van der Waals surface area contributed by atoms with Gasteiger partial charge in [-0.25, -0.2) is 0 Å².